The van der Waals surface area contributed by atoms with Crippen molar-refractivity contribution in [2.75, 3.05) is 17.2 Å². The number of benzene rings is 1. The lowest BCUT2D eigenvalue weighted by Gasteiger charge is -2.04. The molecule has 0 aliphatic carbocycles. The molecule has 0 unspecified atom stereocenters. The fraction of sp³-hybridized carbons (Fsp3) is 0.214. The summed E-state index contributed by atoms with van der Waals surface area (Å²) in [6.45, 7) is 1.93. The van der Waals surface area contributed by atoms with Gasteiger partial charge in [0.05, 0.1) is 28.5 Å². The highest BCUT2D eigenvalue weighted by Crippen LogP contribution is 2.21. The van der Waals surface area contributed by atoms with E-state index < -0.39 is 6.09 Å². The summed E-state index contributed by atoms with van der Waals surface area (Å²) in [5.74, 6) is -0.0428. The van der Waals surface area contributed by atoms with Crippen LogP contribution < -0.4 is 10.6 Å². The van der Waals surface area contributed by atoms with E-state index in [0.717, 1.165) is 10.2 Å². The zero-order chi connectivity index (χ0) is 16.9. The van der Waals surface area contributed by atoms with Crippen LogP contribution in [0.5, 0.6) is 0 Å². The van der Waals surface area contributed by atoms with Crippen molar-refractivity contribution >= 4 is 45.1 Å². The molecule has 2 aromatic heterocycles. The van der Waals surface area contributed by atoms with Crippen molar-refractivity contribution in [2.45, 2.75) is 13.5 Å². The molecule has 1 aromatic carbocycles. The zero-order valence-electron chi connectivity index (χ0n) is 12.7. The number of aromatic nitrogens is 4. The molecule has 0 saturated carbocycles. The van der Waals surface area contributed by atoms with E-state index in [1.54, 1.807) is 18.5 Å². The molecular weight excluding hydrogens is 332 g/mol. The Kier molecular flexibility index (Phi) is 4.66. The number of hydrogen-bond acceptors (Lipinski definition) is 7. The first-order chi connectivity index (χ1) is 11.6. The highest BCUT2D eigenvalue weighted by atomic mass is 32.1. The van der Waals surface area contributed by atoms with E-state index in [9.17, 15) is 9.59 Å². The molecule has 0 saturated heterocycles. The molecule has 0 bridgehead atoms. The molecule has 0 radical (unpaired) electrons. The maximum atomic E-state index is 12.1. The zero-order valence-corrected chi connectivity index (χ0v) is 13.5. The van der Waals surface area contributed by atoms with Gasteiger partial charge in [-0.05, 0) is 25.1 Å². The molecule has 10 heteroatoms. The van der Waals surface area contributed by atoms with Crippen LogP contribution in [0, 0.1) is 0 Å². The summed E-state index contributed by atoms with van der Waals surface area (Å²) in [5.41, 5.74) is 3.33. The minimum absolute atomic E-state index is 0.0295. The molecule has 24 heavy (non-hydrogen) atoms. The summed E-state index contributed by atoms with van der Waals surface area (Å²) in [5, 5.41) is 12.7. The Hall–Kier alpha value is -3.01. The van der Waals surface area contributed by atoms with Crippen molar-refractivity contribution in [1.29, 1.82) is 0 Å². The van der Waals surface area contributed by atoms with E-state index in [1.165, 1.54) is 22.2 Å². The first-order valence-electron chi connectivity index (χ1n) is 7.11. The van der Waals surface area contributed by atoms with Gasteiger partial charge in [0.15, 0.2) is 5.82 Å². The summed E-state index contributed by atoms with van der Waals surface area (Å²) in [4.78, 5) is 27.5. The van der Waals surface area contributed by atoms with E-state index in [1.807, 2.05) is 12.1 Å². The van der Waals surface area contributed by atoms with Gasteiger partial charge in [0.1, 0.15) is 6.54 Å². The van der Waals surface area contributed by atoms with Gasteiger partial charge < -0.3 is 10.1 Å². The largest absolute Gasteiger partial charge is 0.450 e. The Labute approximate surface area is 140 Å². The van der Waals surface area contributed by atoms with Gasteiger partial charge in [0, 0.05) is 5.69 Å². The SMILES string of the molecule is CCOC(=O)Nc1cn(CC(=O)Nc2ccc3ncsc3c2)nn1. The van der Waals surface area contributed by atoms with Crippen molar-refractivity contribution in [3.63, 3.8) is 0 Å². The Morgan fingerprint density at radius 2 is 2.21 bits per heavy atom. The monoisotopic (exact) mass is 346 g/mol. The molecule has 2 amide bonds. The predicted molar refractivity (Wildman–Crippen MR) is 88.9 cm³/mol. The van der Waals surface area contributed by atoms with Gasteiger partial charge in [0.2, 0.25) is 5.91 Å². The molecule has 3 aromatic rings. The summed E-state index contributed by atoms with van der Waals surface area (Å²) >= 11 is 1.50. The highest BCUT2D eigenvalue weighted by molar-refractivity contribution is 7.16. The third kappa shape index (κ3) is 3.84. The maximum absolute atomic E-state index is 12.1. The molecule has 2 N–H and O–H groups in total. The number of amides is 2. The number of thiazole rings is 1. The number of fused-ring (bicyclic) bond motifs is 1. The van der Waals surface area contributed by atoms with Crippen molar-refractivity contribution in [2.24, 2.45) is 0 Å². The number of hydrogen-bond donors (Lipinski definition) is 2. The first-order valence-corrected chi connectivity index (χ1v) is 7.99. The molecule has 2 heterocycles. The average molecular weight is 346 g/mol. The number of rotatable bonds is 5. The summed E-state index contributed by atoms with van der Waals surface area (Å²) in [6, 6.07) is 5.49. The first kappa shape index (κ1) is 15.9. The number of carbonyl (C=O) groups is 2. The van der Waals surface area contributed by atoms with Crippen molar-refractivity contribution in [3.8, 4) is 0 Å². The van der Waals surface area contributed by atoms with Gasteiger partial charge in [-0.3, -0.25) is 10.1 Å². The van der Waals surface area contributed by atoms with Crippen LogP contribution in [0.1, 0.15) is 6.92 Å². The lowest BCUT2D eigenvalue weighted by Crippen LogP contribution is -2.19. The minimum atomic E-state index is -0.619. The van der Waals surface area contributed by atoms with Gasteiger partial charge in [0.25, 0.3) is 0 Å². The Morgan fingerprint density at radius 3 is 3.04 bits per heavy atom. The van der Waals surface area contributed by atoms with Crippen LogP contribution in [0.15, 0.2) is 29.9 Å². The lowest BCUT2D eigenvalue weighted by molar-refractivity contribution is -0.116. The second kappa shape index (κ2) is 7.04. The number of ether oxygens (including phenoxy) is 1. The fourth-order valence-corrected chi connectivity index (χ4v) is 2.70. The highest BCUT2D eigenvalue weighted by Gasteiger charge is 2.09. The normalized spacial score (nSPS) is 10.5. The Balaban J connectivity index is 1.58. The molecule has 0 aliphatic rings. The molecule has 0 aliphatic heterocycles. The van der Waals surface area contributed by atoms with E-state index in [4.69, 9.17) is 4.74 Å². The average Bonchev–Trinajstić information content (AvgIpc) is 3.16. The number of nitrogens with one attached hydrogen (secondary N) is 2. The third-order valence-electron chi connectivity index (χ3n) is 2.96. The van der Waals surface area contributed by atoms with Crippen molar-refractivity contribution in [1.82, 2.24) is 20.0 Å². The molecule has 9 nitrogen and oxygen atoms in total. The molecule has 0 spiro atoms. The summed E-state index contributed by atoms with van der Waals surface area (Å²) in [6.07, 6.45) is 0.829. The van der Waals surface area contributed by atoms with Gasteiger partial charge >= 0.3 is 6.09 Å². The topological polar surface area (TPSA) is 111 Å². The van der Waals surface area contributed by atoms with E-state index >= 15 is 0 Å². The smallest absolute Gasteiger partial charge is 0.412 e. The fourth-order valence-electron chi connectivity index (χ4n) is 1.99. The van der Waals surface area contributed by atoms with E-state index in [2.05, 4.69) is 25.9 Å². The van der Waals surface area contributed by atoms with Crippen LogP contribution in [0.4, 0.5) is 16.3 Å². The van der Waals surface area contributed by atoms with Crippen LogP contribution in [0.25, 0.3) is 10.2 Å². The number of anilines is 2. The van der Waals surface area contributed by atoms with E-state index in [0.29, 0.717) is 5.69 Å². The maximum Gasteiger partial charge on any atom is 0.412 e. The van der Waals surface area contributed by atoms with Crippen LogP contribution in [-0.2, 0) is 16.1 Å². The molecule has 0 atom stereocenters. The quantitative estimate of drug-likeness (QED) is 0.732. The summed E-state index contributed by atoms with van der Waals surface area (Å²) in [7, 11) is 0. The van der Waals surface area contributed by atoms with Crippen LogP contribution in [-0.4, -0.2) is 38.6 Å². The van der Waals surface area contributed by atoms with Crippen LogP contribution in [0.3, 0.4) is 0 Å². The van der Waals surface area contributed by atoms with Crippen LogP contribution >= 0.6 is 11.3 Å². The molecule has 124 valence electrons. The van der Waals surface area contributed by atoms with Gasteiger partial charge in [-0.15, -0.1) is 16.4 Å². The summed E-state index contributed by atoms with van der Waals surface area (Å²) < 4.78 is 7.05. The lowest BCUT2D eigenvalue weighted by atomic mass is 10.3. The number of nitrogens with zero attached hydrogens (tertiary/aromatic N) is 4. The van der Waals surface area contributed by atoms with Crippen molar-refractivity contribution in [3.05, 3.63) is 29.9 Å². The van der Waals surface area contributed by atoms with Gasteiger partial charge in [-0.2, -0.15) is 0 Å². The van der Waals surface area contributed by atoms with Crippen LogP contribution in [0.2, 0.25) is 0 Å². The van der Waals surface area contributed by atoms with Gasteiger partial charge in [-0.25, -0.2) is 14.5 Å². The molecule has 3 rings (SSSR count). The Morgan fingerprint density at radius 1 is 1.33 bits per heavy atom. The third-order valence-corrected chi connectivity index (χ3v) is 3.76. The molecule has 0 fully saturated rings. The number of carbonyl (C=O) groups excluding carboxylic acids is 2. The predicted octanol–water partition coefficient (Wildman–Crippen LogP) is 2.09. The second-order valence-corrected chi connectivity index (χ2v) is 5.62. The minimum Gasteiger partial charge on any atom is -0.450 e. The van der Waals surface area contributed by atoms with E-state index in [-0.39, 0.29) is 24.9 Å². The molecular formula is C14H14N6O3S. The van der Waals surface area contributed by atoms with Gasteiger partial charge in [-0.1, -0.05) is 5.21 Å². The Bertz CT molecular complexity index is 874. The second-order valence-electron chi connectivity index (χ2n) is 4.73. The standard InChI is InChI=1S/C14H14N6O3S/c1-2-23-14(22)17-12-6-20(19-18-12)7-13(21)16-9-3-4-10-11(5-9)24-8-15-10/h3-6,8H,2,7H2,1H3,(H,16,21)(H,17,22). The van der Waals surface area contributed by atoms with Crippen molar-refractivity contribution < 1.29 is 14.3 Å².